The maximum absolute atomic E-state index is 2.56. The Hall–Kier alpha value is -9.24. The third-order valence-corrected chi connectivity index (χ3v) is 17.2. The molecule has 2 atom stereocenters. The van der Waals surface area contributed by atoms with Crippen molar-refractivity contribution < 1.29 is 0 Å². The second kappa shape index (κ2) is 13.8. The van der Waals surface area contributed by atoms with Gasteiger partial charge >= 0.3 is 0 Å². The molecule has 4 aliphatic rings. The fraction of sp³-hybridized carbons (Fsp3) is 0.0286. The van der Waals surface area contributed by atoms with Crippen LogP contribution in [0.25, 0.3) is 82.4 Å². The van der Waals surface area contributed by atoms with Gasteiger partial charge in [0.25, 0.3) is 0 Å². The molecule has 13 aromatic rings. The number of anilines is 3. The molecule has 0 amide bonds. The van der Waals surface area contributed by atoms with Crippen LogP contribution >= 0.6 is 0 Å². The maximum Gasteiger partial charge on any atom is 0.0755 e. The smallest absolute Gasteiger partial charge is 0.0755 e. The first-order valence-corrected chi connectivity index (χ1v) is 25.3. The lowest BCUT2D eigenvalue weighted by atomic mass is 9.65. The normalized spacial score (nSPS) is 17.0. The highest BCUT2D eigenvalue weighted by molar-refractivity contribution is 6.13. The number of hydrogen-bond acceptors (Lipinski definition) is 1. The zero-order valence-corrected chi connectivity index (χ0v) is 39.1. The van der Waals surface area contributed by atoms with Crippen LogP contribution in [0.4, 0.5) is 17.1 Å². The summed E-state index contributed by atoms with van der Waals surface area (Å²) in [6.07, 6.45) is 0. The topological polar surface area (TPSA) is 8.17 Å². The van der Waals surface area contributed by atoms with Gasteiger partial charge in [-0.15, -0.1) is 0 Å². The third-order valence-electron chi connectivity index (χ3n) is 17.2. The van der Waals surface area contributed by atoms with Crippen LogP contribution in [0.15, 0.2) is 255 Å². The number of benzene rings is 12. The first kappa shape index (κ1) is 38.6. The van der Waals surface area contributed by atoms with E-state index in [1.54, 1.807) is 0 Å². The molecule has 2 spiro atoms. The van der Waals surface area contributed by atoms with Crippen LogP contribution in [-0.2, 0) is 10.8 Å². The Kier molecular flexibility index (Phi) is 7.37. The van der Waals surface area contributed by atoms with Crippen LogP contribution in [-0.4, -0.2) is 4.57 Å². The standard InChI is InChI=1S/C70H42N2/c1-3-20-47-43(17-1)19-15-34-64(47)71(45-36-38-51-49-22-5-9-27-56(49)69(62(51)41-45)58-29-11-7-25-55(58)67-48-21-4-2-18-44(48)35-40-60(67)69)46-37-39-52-50-23-6-10-28-57(50)70(63(52)42-46)59-30-12-14-33-66(59)72-65-32-13-8-24-53(65)54-26-16-31-61(70)68(54)72/h1-42H. The van der Waals surface area contributed by atoms with E-state index in [0.29, 0.717) is 0 Å². The van der Waals surface area contributed by atoms with Crippen LogP contribution in [0.5, 0.6) is 0 Å². The first-order valence-electron chi connectivity index (χ1n) is 25.3. The molecule has 0 bridgehead atoms. The second-order valence-electron chi connectivity index (χ2n) is 20.2. The van der Waals surface area contributed by atoms with E-state index in [0.717, 1.165) is 17.1 Å². The summed E-state index contributed by atoms with van der Waals surface area (Å²) < 4.78 is 2.54. The predicted molar refractivity (Wildman–Crippen MR) is 298 cm³/mol. The summed E-state index contributed by atoms with van der Waals surface area (Å²) in [6, 6.07) is 96.8. The Balaban J connectivity index is 0.969. The van der Waals surface area contributed by atoms with Crippen molar-refractivity contribution in [2.24, 2.45) is 0 Å². The Morgan fingerprint density at radius 1 is 0.292 bits per heavy atom. The van der Waals surface area contributed by atoms with Gasteiger partial charge in [-0.3, -0.25) is 0 Å². The fourth-order valence-electron chi connectivity index (χ4n) is 14.6. The zero-order valence-electron chi connectivity index (χ0n) is 39.1. The Morgan fingerprint density at radius 3 is 1.50 bits per heavy atom. The van der Waals surface area contributed by atoms with Gasteiger partial charge in [-0.2, -0.15) is 0 Å². The molecule has 2 unspecified atom stereocenters. The van der Waals surface area contributed by atoms with Gasteiger partial charge in [0.15, 0.2) is 0 Å². The average molecular weight is 911 g/mol. The molecule has 1 aromatic heterocycles. The first-order chi connectivity index (χ1) is 35.7. The summed E-state index contributed by atoms with van der Waals surface area (Å²) in [5.41, 5.74) is 24.4. The lowest BCUT2D eigenvalue weighted by Gasteiger charge is -2.40. The van der Waals surface area contributed by atoms with Gasteiger partial charge in [0, 0.05) is 27.5 Å². The van der Waals surface area contributed by atoms with Gasteiger partial charge in [0.05, 0.1) is 33.2 Å². The quantitative estimate of drug-likeness (QED) is 0.171. The Bertz CT molecular complexity index is 4550. The van der Waals surface area contributed by atoms with Crippen molar-refractivity contribution in [1.82, 2.24) is 4.57 Å². The monoisotopic (exact) mass is 910 g/mol. The Morgan fingerprint density at radius 2 is 0.778 bits per heavy atom. The number of aromatic nitrogens is 1. The zero-order chi connectivity index (χ0) is 46.9. The van der Waals surface area contributed by atoms with Gasteiger partial charge in [0.1, 0.15) is 0 Å². The lowest BCUT2D eigenvalue weighted by molar-refractivity contribution is 0.748. The molecule has 332 valence electrons. The highest BCUT2D eigenvalue weighted by Crippen LogP contribution is 2.65. The van der Waals surface area contributed by atoms with Crippen molar-refractivity contribution in [3.8, 4) is 39.1 Å². The number of hydrogen-bond donors (Lipinski definition) is 0. The summed E-state index contributed by atoms with van der Waals surface area (Å²) in [4.78, 5) is 2.56. The van der Waals surface area contributed by atoms with Crippen LogP contribution in [0.1, 0.15) is 44.5 Å². The van der Waals surface area contributed by atoms with Crippen molar-refractivity contribution in [3.63, 3.8) is 0 Å². The molecule has 0 saturated heterocycles. The largest absolute Gasteiger partial charge is 0.310 e. The lowest BCUT2D eigenvalue weighted by Crippen LogP contribution is -2.33. The highest BCUT2D eigenvalue weighted by atomic mass is 15.1. The average Bonchev–Trinajstić information content (AvgIpc) is 4.14. The molecule has 0 fully saturated rings. The molecule has 2 heterocycles. The minimum absolute atomic E-state index is 0.519. The molecular weight excluding hydrogens is 869 g/mol. The molecule has 2 nitrogen and oxygen atoms in total. The van der Waals surface area contributed by atoms with E-state index in [1.165, 1.54) is 127 Å². The highest BCUT2D eigenvalue weighted by Gasteiger charge is 2.53. The summed E-state index contributed by atoms with van der Waals surface area (Å²) in [5, 5.41) is 7.54. The summed E-state index contributed by atoms with van der Waals surface area (Å²) in [7, 11) is 0. The van der Waals surface area contributed by atoms with E-state index < -0.39 is 10.8 Å². The molecule has 12 aromatic carbocycles. The number of para-hydroxylation sites is 3. The molecular formula is C70H42N2. The summed E-state index contributed by atoms with van der Waals surface area (Å²) in [6.45, 7) is 0. The van der Waals surface area contributed by atoms with E-state index in [9.17, 15) is 0 Å². The minimum Gasteiger partial charge on any atom is -0.310 e. The van der Waals surface area contributed by atoms with Crippen LogP contribution in [0.3, 0.4) is 0 Å². The SMILES string of the molecule is c1ccc2c(c1)-c1ccc(N(c3ccc4c(c3)C3(c5ccccc5-4)c4ccccc4-n4c5ccccc5c5cccc3c54)c3cccc4ccccc34)cc1C21c2ccccc2-c2c1ccc1ccccc21. The van der Waals surface area contributed by atoms with Gasteiger partial charge < -0.3 is 9.47 Å². The van der Waals surface area contributed by atoms with Crippen molar-refractivity contribution in [2.75, 3.05) is 4.90 Å². The Labute approximate surface area is 417 Å². The van der Waals surface area contributed by atoms with E-state index >= 15 is 0 Å². The van der Waals surface area contributed by atoms with Crippen LogP contribution in [0, 0.1) is 0 Å². The van der Waals surface area contributed by atoms with E-state index in [1.807, 2.05) is 0 Å². The van der Waals surface area contributed by atoms with Crippen molar-refractivity contribution in [1.29, 1.82) is 0 Å². The van der Waals surface area contributed by atoms with Crippen molar-refractivity contribution in [2.45, 2.75) is 10.8 Å². The third kappa shape index (κ3) is 4.53. The minimum atomic E-state index is -0.587. The van der Waals surface area contributed by atoms with Crippen LogP contribution < -0.4 is 4.90 Å². The number of rotatable bonds is 3. The molecule has 17 rings (SSSR count). The summed E-state index contributed by atoms with van der Waals surface area (Å²) >= 11 is 0. The second-order valence-corrected chi connectivity index (χ2v) is 20.2. The number of nitrogens with zero attached hydrogens (tertiary/aromatic N) is 2. The molecule has 0 radical (unpaired) electrons. The molecule has 1 aliphatic heterocycles. The number of fused-ring (bicyclic) bond motifs is 25. The van der Waals surface area contributed by atoms with Gasteiger partial charge in [0.2, 0.25) is 0 Å². The van der Waals surface area contributed by atoms with E-state index in [4.69, 9.17) is 0 Å². The fourth-order valence-corrected chi connectivity index (χ4v) is 14.6. The molecule has 0 N–H and O–H groups in total. The maximum atomic E-state index is 2.56. The van der Waals surface area contributed by atoms with E-state index in [-0.39, 0.29) is 0 Å². The van der Waals surface area contributed by atoms with Crippen molar-refractivity contribution in [3.05, 3.63) is 299 Å². The predicted octanol–water partition coefficient (Wildman–Crippen LogP) is 17.6. The molecule has 72 heavy (non-hydrogen) atoms. The molecule has 2 heteroatoms. The van der Waals surface area contributed by atoms with Crippen molar-refractivity contribution >= 4 is 60.4 Å². The summed E-state index contributed by atoms with van der Waals surface area (Å²) in [5.74, 6) is 0. The molecule has 0 saturated carbocycles. The van der Waals surface area contributed by atoms with Gasteiger partial charge in [-0.1, -0.05) is 212 Å². The van der Waals surface area contributed by atoms with Gasteiger partial charge in [-0.05, 0) is 137 Å². The van der Waals surface area contributed by atoms with E-state index in [2.05, 4.69) is 264 Å². The molecule has 3 aliphatic carbocycles. The van der Waals surface area contributed by atoms with Crippen LogP contribution in [0.2, 0.25) is 0 Å². The van der Waals surface area contributed by atoms with Gasteiger partial charge in [-0.25, -0.2) is 0 Å².